The number of ether oxygens (including phenoxy) is 2. The van der Waals surface area contributed by atoms with Crippen LogP contribution in [-0.4, -0.2) is 51.2 Å². The maximum absolute atomic E-state index is 13.5. The van der Waals surface area contributed by atoms with Crippen LogP contribution in [0.4, 0.5) is 20.4 Å². The van der Waals surface area contributed by atoms with E-state index in [9.17, 15) is 8.78 Å². The summed E-state index contributed by atoms with van der Waals surface area (Å²) in [5.74, 6) is 1.50. The summed E-state index contributed by atoms with van der Waals surface area (Å²) in [6, 6.07) is 5.40. The first-order valence-electron chi connectivity index (χ1n) is 11.5. The third kappa shape index (κ3) is 3.88. The largest absolute Gasteiger partial charge is 0.482 e. The minimum atomic E-state index is -0.667. The number of piperidine rings is 1. The summed E-state index contributed by atoms with van der Waals surface area (Å²) in [6.45, 7) is 2.47. The van der Waals surface area contributed by atoms with Gasteiger partial charge in [0.15, 0.2) is 11.9 Å². The Balaban J connectivity index is 1.14. The fourth-order valence-corrected chi connectivity index (χ4v) is 5.49. The molecule has 6 rings (SSSR count). The first kappa shape index (κ1) is 21.1. The number of halogens is 2. The molecule has 2 fully saturated rings. The van der Waals surface area contributed by atoms with Gasteiger partial charge >= 0.3 is 0 Å². The lowest BCUT2D eigenvalue weighted by Gasteiger charge is -2.39. The number of benzene rings is 1. The van der Waals surface area contributed by atoms with E-state index in [1.54, 1.807) is 13.3 Å². The molecule has 1 saturated carbocycles. The minimum absolute atomic E-state index is 0.154. The molecule has 0 amide bonds. The first-order valence-corrected chi connectivity index (χ1v) is 11.5. The predicted octanol–water partition coefficient (Wildman–Crippen LogP) is 3.21. The van der Waals surface area contributed by atoms with Crippen molar-refractivity contribution in [2.45, 2.75) is 38.0 Å². The van der Waals surface area contributed by atoms with Crippen LogP contribution in [0.25, 0.3) is 0 Å². The summed E-state index contributed by atoms with van der Waals surface area (Å²) in [4.78, 5) is 7.03. The van der Waals surface area contributed by atoms with Gasteiger partial charge in [-0.15, -0.1) is 10.2 Å². The van der Waals surface area contributed by atoms with Crippen LogP contribution in [0.3, 0.4) is 0 Å². The summed E-state index contributed by atoms with van der Waals surface area (Å²) in [7, 11) is 1.59. The summed E-state index contributed by atoms with van der Waals surface area (Å²) >= 11 is 0. The number of aryl methyl sites for hydroxylation is 1. The third-order valence-corrected chi connectivity index (χ3v) is 7.03. The molecule has 3 aliphatic rings. The Morgan fingerprint density at radius 3 is 2.53 bits per heavy atom. The number of methoxy groups -OCH3 is 1. The number of nitrogens with zero attached hydrogens (tertiary/aromatic N) is 6. The van der Waals surface area contributed by atoms with Crippen LogP contribution in [-0.2, 0) is 6.54 Å². The molecule has 4 heterocycles. The Hall–Kier alpha value is -3.50. The summed E-state index contributed by atoms with van der Waals surface area (Å²) < 4.78 is 40.0. The number of rotatable bonds is 6. The summed E-state index contributed by atoms with van der Waals surface area (Å²) in [5.41, 5.74) is 1.02. The van der Waals surface area contributed by atoms with Gasteiger partial charge in [0.05, 0.1) is 19.0 Å². The van der Waals surface area contributed by atoms with Gasteiger partial charge in [-0.05, 0) is 24.7 Å². The van der Waals surface area contributed by atoms with Gasteiger partial charge in [-0.25, -0.2) is 13.5 Å². The standard InChI is InChI=1S/C23H25F2N7O2/c1-33-20-9-17(10-26-29-20)31-11-13-2-3-14(12-31)21(13)27-23-28-22-19(4-5-32(22)30-23)34-18-7-15(24)6-16(25)8-18/h6-10,13-14,19,21H,2-5,11-12H2,1H3,(H,27,30)/t13-,14+,19-,21?/m0/s1. The number of anilines is 2. The van der Waals surface area contributed by atoms with E-state index in [-0.39, 0.29) is 11.8 Å². The van der Waals surface area contributed by atoms with Crippen molar-refractivity contribution >= 4 is 11.6 Å². The fourth-order valence-electron chi connectivity index (χ4n) is 5.49. The quantitative estimate of drug-likeness (QED) is 0.589. The Labute approximate surface area is 195 Å². The van der Waals surface area contributed by atoms with Crippen LogP contribution in [0.15, 0.2) is 30.5 Å². The van der Waals surface area contributed by atoms with Crippen molar-refractivity contribution in [3.8, 4) is 11.6 Å². The second kappa shape index (κ2) is 8.37. The van der Waals surface area contributed by atoms with Gasteiger partial charge in [0.25, 0.3) is 0 Å². The Morgan fingerprint density at radius 1 is 1.03 bits per heavy atom. The number of nitrogens with one attached hydrogen (secondary N) is 1. The zero-order valence-corrected chi connectivity index (χ0v) is 18.7. The summed E-state index contributed by atoms with van der Waals surface area (Å²) in [5, 5.41) is 16.2. The van der Waals surface area contributed by atoms with Crippen molar-refractivity contribution in [1.82, 2.24) is 25.0 Å². The normalized spacial score (nSPS) is 25.3. The molecule has 2 bridgehead atoms. The van der Waals surface area contributed by atoms with Crippen LogP contribution >= 0.6 is 0 Å². The van der Waals surface area contributed by atoms with E-state index in [2.05, 4.69) is 30.5 Å². The maximum Gasteiger partial charge on any atom is 0.242 e. The van der Waals surface area contributed by atoms with Crippen molar-refractivity contribution in [3.63, 3.8) is 0 Å². The highest BCUT2D eigenvalue weighted by Crippen LogP contribution is 2.40. The fraction of sp³-hybridized carbons (Fsp3) is 0.478. The molecule has 1 N–H and O–H groups in total. The molecule has 3 aromatic rings. The van der Waals surface area contributed by atoms with E-state index in [1.165, 1.54) is 12.1 Å². The molecule has 2 aromatic heterocycles. The highest BCUT2D eigenvalue weighted by molar-refractivity contribution is 5.48. The van der Waals surface area contributed by atoms with Crippen LogP contribution in [0.2, 0.25) is 0 Å². The van der Waals surface area contributed by atoms with Crippen molar-refractivity contribution in [2.24, 2.45) is 11.8 Å². The highest BCUT2D eigenvalue weighted by Gasteiger charge is 2.43. The topological polar surface area (TPSA) is 90.2 Å². The highest BCUT2D eigenvalue weighted by atomic mass is 19.1. The van der Waals surface area contributed by atoms with Gasteiger partial charge < -0.3 is 19.7 Å². The predicted molar refractivity (Wildman–Crippen MR) is 119 cm³/mol. The van der Waals surface area contributed by atoms with Crippen LogP contribution in [0.5, 0.6) is 11.6 Å². The molecule has 0 spiro atoms. The molecule has 1 aliphatic carbocycles. The van der Waals surface area contributed by atoms with Gasteiger partial charge in [0.2, 0.25) is 11.8 Å². The van der Waals surface area contributed by atoms with Crippen molar-refractivity contribution < 1.29 is 18.3 Å². The lowest BCUT2D eigenvalue weighted by atomic mass is 9.92. The van der Waals surface area contributed by atoms with E-state index in [4.69, 9.17) is 9.47 Å². The van der Waals surface area contributed by atoms with Gasteiger partial charge in [0.1, 0.15) is 17.4 Å². The Morgan fingerprint density at radius 2 is 1.79 bits per heavy atom. The van der Waals surface area contributed by atoms with E-state index < -0.39 is 17.7 Å². The molecule has 0 radical (unpaired) electrons. The molecule has 4 atom stereocenters. The minimum Gasteiger partial charge on any atom is -0.482 e. The number of hydrogen-bond donors (Lipinski definition) is 1. The zero-order valence-electron chi connectivity index (χ0n) is 18.7. The second-order valence-electron chi connectivity index (χ2n) is 9.15. The lowest BCUT2D eigenvalue weighted by molar-refractivity contribution is 0.201. The molecule has 11 heteroatoms. The Bertz CT molecular complexity index is 1170. The monoisotopic (exact) mass is 469 g/mol. The van der Waals surface area contributed by atoms with Crippen molar-refractivity contribution in [1.29, 1.82) is 0 Å². The molecular formula is C23H25F2N7O2. The zero-order chi connectivity index (χ0) is 23.2. The van der Waals surface area contributed by atoms with Crippen LogP contribution in [0.1, 0.15) is 31.2 Å². The van der Waals surface area contributed by atoms with Crippen LogP contribution in [0, 0.1) is 23.5 Å². The molecule has 2 aliphatic heterocycles. The SMILES string of the molecule is COc1cc(N2C[C@H]3CC[C@@H](C2)C3Nc2nc3n(n2)CC[C@@H]3Oc2cc(F)cc(F)c2)cnn1. The smallest absolute Gasteiger partial charge is 0.242 e. The average molecular weight is 469 g/mol. The third-order valence-electron chi connectivity index (χ3n) is 7.03. The molecule has 178 valence electrons. The van der Waals surface area contributed by atoms with E-state index in [0.29, 0.717) is 42.5 Å². The lowest BCUT2D eigenvalue weighted by Crippen LogP contribution is -2.48. The van der Waals surface area contributed by atoms with E-state index in [0.717, 1.165) is 37.7 Å². The van der Waals surface area contributed by atoms with Crippen molar-refractivity contribution in [3.05, 3.63) is 47.9 Å². The maximum atomic E-state index is 13.5. The average Bonchev–Trinajstić information content (AvgIpc) is 3.44. The molecule has 34 heavy (non-hydrogen) atoms. The van der Waals surface area contributed by atoms with Gasteiger partial charge in [-0.2, -0.15) is 10.1 Å². The van der Waals surface area contributed by atoms with Crippen molar-refractivity contribution in [2.75, 3.05) is 30.4 Å². The molecule has 1 aromatic carbocycles. The first-order chi connectivity index (χ1) is 16.6. The Kier molecular flexibility index (Phi) is 5.19. The number of aromatic nitrogens is 5. The second-order valence-corrected chi connectivity index (χ2v) is 9.15. The molecule has 1 saturated heterocycles. The van der Waals surface area contributed by atoms with E-state index in [1.807, 2.05) is 10.7 Å². The van der Waals surface area contributed by atoms with E-state index >= 15 is 0 Å². The van der Waals surface area contributed by atoms with Gasteiger partial charge in [-0.3, -0.25) is 0 Å². The van der Waals surface area contributed by atoms with Gasteiger partial charge in [-0.1, -0.05) is 0 Å². The van der Waals surface area contributed by atoms with Gasteiger partial charge in [0, 0.05) is 56.4 Å². The molecule has 1 unspecified atom stereocenters. The number of hydrogen-bond acceptors (Lipinski definition) is 8. The van der Waals surface area contributed by atoms with Crippen LogP contribution < -0.4 is 19.7 Å². The summed E-state index contributed by atoms with van der Waals surface area (Å²) in [6.07, 6.45) is 4.32. The molecular weight excluding hydrogens is 444 g/mol. The number of fused-ring (bicyclic) bond motifs is 3. The molecule has 9 nitrogen and oxygen atoms in total.